The van der Waals surface area contributed by atoms with E-state index >= 15 is 0 Å². The number of para-hydroxylation sites is 1. The number of ether oxygens (including phenoxy) is 2. The standard InChI is InChI=1S/C24H20N4O3/c1-30-17-10-11-19(23(13-17)31-2)22-14-20(18-8-3-4-9-21(18)27-22)24(29)28-26-15-16-7-5-6-12-25-16/h3-15H,1-2H3,(H,28,29)/b26-15+. The van der Waals surface area contributed by atoms with Crippen molar-refractivity contribution >= 4 is 23.0 Å². The third-order valence-corrected chi connectivity index (χ3v) is 4.70. The SMILES string of the molecule is COc1ccc(-c2cc(C(=O)N/N=C/c3ccccn3)c3ccccc3n2)c(OC)c1. The molecule has 1 N–H and O–H groups in total. The van der Waals surface area contributed by atoms with Crippen molar-refractivity contribution < 1.29 is 14.3 Å². The van der Waals surface area contributed by atoms with Gasteiger partial charge < -0.3 is 9.47 Å². The van der Waals surface area contributed by atoms with Crippen LogP contribution in [-0.2, 0) is 0 Å². The minimum atomic E-state index is -0.348. The first-order chi connectivity index (χ1) is 15.2. The molecule has 0 aliphatic rings. The van der Waals surface area contributed by atoms with E-state index in [4.69, 9.17) is 14.5 Å². The molecule has 0 saturated carbocycles. The van der Waals surface area contributed by atoms with Crippen molar-refractivity contribution in [2.75, 3.05) is 14.2 Å². The normalized spacial score (nSPS) is 10.9. The lowest BCUT2D eigenvalue weighted by Gasteiger charge is -2.12. The zero-order valence-corrected chi connectivity index (χ0v) is 17.1. The molecule has 4 rings (SSSR count). The molecule has 0 aliphatic carbocycles. The van der Waals surface area contributed by atoms with E-state index in [1.165, 1.54) is 6.21 Å². The van der Waals surface area contributed by atoms with Gasteiger partial charge in [0.2, 0.25) is 0 Å². The average molecular weight is 412 g/mol. The molecule has 2 heterocycles. The molecule has 1 amide bonds. The Morgan fingerprint density at radius 3 is 2.61 bits per heavy atom. The number of aromatic nitrogens is 2. The first-order valence-corrected chi connectivity index (χ1v) is 9.56. The largest absolute Gasteiger partial charge is 0.497 e. The maximum Gasteiger partial charge on any atom is 0.272 e. The number of rotatable bonds is 6. The van der Waals surface area contributed by atoms with E-state index in [0.29, 0.717) is 34.0 Å². The van der Waals surface area contributed by atoms with Gasteiger partial charge in [-0.15, -0.1) is 0 Å². The minimum absolute atomic E-state index is 0.348. The van der Waals surface area contributed by atoms with Crippen LogP contribution in [0.5, 0.6) is 11.5 Å². The van der Waals surface area contributed by atoms with E-state index in [2.05, 4.69) is 15.5 Å². The second kappa shape index (κ2) is 9.04. The van der Waals surface area contributed by atoms with Gasteiger partial charge in [-0.05, 0) is 36.4 Å². The Hall–Kier alpha value is -4.26. The molecule has 31 heavy (non-hydrogen) atoms. The molecule has 2 aromatic carbocycles. The lowest BCUT2D eigenvalue weighted by molar-refractivity contribution is 0.0956. The maximum atomic E-state index is 13.0. The summed E-state index contributed by atoms with van der Waals surface area (Å²) in [5.41, 5.74) is 5.73. The highest BCUT2D eigenvalue weighted by molar-refractivity contribution is 6.07. The fraction of sp³-hybridized carbons (Fsp3) is 0.0833. The highest BCUT2D eigenvalue weighted by Crippen LogP contribution is 2.34. The van der Waals surface area contributed by atoms with Crippen LogP contribution in [-0.4, -0.2) is 36.3 Å². The molecule has 0 saturated heterocycles. The van der Waals surface area contributed by atoms with Crippen molar-refractivity contribution in [3.63, 3.8) is 0 Å². The number of hydrogen-bond acceptors (Lipinski definition) is 6. The molecule has 0 fully saturated rings. The fourth-order valence-electron chi connectivity index (χ4n) is 3.18. The number of nitrogens with zero attached hydrogens (tertiary/aromatic N) is 3. The molecule has 0 aliphatic heterocycles. The average Bonchev–Trinajstić information content (AvgIpc) is 2.83. The maximum absolute atomic E-state index is 13.0. The third-order valence-electron chi connectivity index (χ3n) is 4.70. The molecule has 0 radical (unpaired) electrons. The van der Waals surface area contributed by atoms with Gasteiger partial charge in [-0.1, -0.05) is 24.3 Å². The van der Waals surface area contributed by atoms with E-state index < -0.39 is 0 Å². The monoisotopic (exact) mass is 412 g/mol. The number of benzene rings is 2. The summed E-state index contributed by atoms with van der Waals surface area (Å²) in [5.74, 6) is 0.921. The topological polar surface area (TPSA) is 85.7 Å². The number of amides is 1. The smallest absolute Gasteiger partial charge is 0.272 e. The molecule has 7 nitrogen and oxygen atoms in total. The van der Waals surface area contributed by atoms with Crippen molar-refractivity contribution in [3.05, 3.63) is 84.2 Å². The van der Waals surface area contributed by atoms with E-state index in [1.807, 2.05) is 48.5 Å². The molecule has 4 aromatic rings. The van der Waals surface area contributed by atoms with Crippen LogP contribution < -0.4 is 14.9 Å². The Balaban J connectivity index is 1.73. The summed E-state index contributed by atoms with van der Waals surface area (Å²) in [6, 6.07) is 20.1. The predicted octanol–water partition coefficient (Wildman–Crippen LogP) is 4.08. The minimum Gasteiger partial charge on any atom is -0.497 e. The lowest BCUT2D eigenvalue weighted by Crippen LogP contribution is -2.18. The fourth-order valence-corrected chi connectivity index (χ4v) is 3.18. The molecule has 0 spiro atoms. The van der Waals surface area contributed by atoms with Crippen LogP contribution in [0.4, 0.5) is 0 Å². The zero-order chi connectivity index (χ0) is 21.6. The van der Waals surface area contributed by atoms with Crippen molar-refractivity contribution in [1.82, 2.24) is 15.4 Å². The highest BCUT2D eigenvalue weighted by atomic mass is 16.5. The summed E-state index contributed by atoms with van der Waals surface area (Å²) in [6.45, 7) is 0. The quantitative estimate of drug-likeness (QED) is 0.381. The summed E-state index contributed by atoms with van der Waals surface area (Å²) in [6.07, 6.45) is 3.16. The summed E-state index contributed by atoms with van der Waals surface area (Å²) < 4.78 is 10.8. The molecular formula is C24H20N4O3. The van der Waals surface area contributed by atoms with Crippen LogP contribution in [0.15, 0.2) is 78.0 Å². The van der Waals surface area contributed by atoms with E-state index in [1.54, 1.807) is 38.6 Å². The van der Waals surface area contributed by atoms with Gasteiger partial charge in [0.1, 0.15) is 11.5 Å². The van der Waals surface area contributed by atoms with Crippen LogP contribution in [0.25, 0.3) is 22.2 Å². The van der Waals surface area contributed by atoms with Crippen LogP contribution >= 0.6 is 0 Å². The van der Waals surface area contributed by atoms with Crippen LogP contribution in [0.2, 0.25) is 0 Å². The van der Waals surface area contributed by atoms with Crippen molar-refractivity contribution in [2.45, 2.75) is 0 Å². The van der Waals surface area contributed by atoms with Crippen LogP contribution in [0, 0.1) is 0 Å². The van der Waals surface area contributed by atoms with Crippen molar-refractivity contribution in [1.29, 1.82) is 0 Å². The van der Waals surface area contributed by atoms with E-state index in [0.717, 1.165) is 10.9 Å². The zero-order valence-electron chi connectivity index (χ0n) is 17.1. The summed E-state index contributed by atoms with van der Waals surface area (Å²) in [7, 11) is 3.18. The molecule has 0 atom stereocenters. The highest BCUT2D eigenvalue weighted by Gasteiger charge is 2.16. The van der Waals surface area contributed by atoms with Gasteiger partial charge in [0, 0.05) is 23.2 Å². The summed E-state index contributed by atoms with van der Waals surface area (Å²) in [4.78, 5) is 21.8. The molecular weight excluding hydrogens is 392 g/mol. The van der Waals surface area contributed by atoms with Crippen molar-refractivity contribution in [2.24, 2.45) is 5.10 Å². The van der Waals surface area contributed by atoms with Gasteiger partial charge in [-0.2, -0.15) is 5.10 Å². The number of nitrogens with one attached hydrogen (secondary N) is 1. The Labute approximate surface area is 179 Å². The Bertz CT molecular complexity index is 1260. The molecule has 0 bridgehead atoms. The number of carbonyl (C=O) groups excluding carboxylic acids is 1. The number of hydrazone groups is 1. The van der Waals surface area contributed by atoms with Gasteiger partial charge in [0.25, 0.3) is 5.91 Å². The van der Waals surface area contributed by atoms with Gasteiger partial charge in [0.15, 0.2) is 0 Å². The van der Waals surface area contributed by atoms with Crippen molar-refractivity contribution in [3.8, 4) is 22.8 Å². The number of methoxy groups -OCH3 is 2. The summed E-state index contributed by atoms with van der Waals surface area (Å²) in [5, 5.41) is 4.76. The van der Waals surface area contributed by atoms with Gasteiger partial charge >= 0.3 is 0 Å². The predicted molar refractivity (Wildman–Crippen MR) is 120 cm³/mol. The van der Waals surface area contributed by atoms with E-state index in [9.17, 15) is 4.79 Å². The van der Waals surface area contributed by atoms with Gasteiger partial charge in [-0.25, -0.2) is 10.4 Å². The van der Waals surface area contributed by atoms with E-state index in [-0.39, 0.29) is 5.91 Å². The molecule has 154 valence electrons. The van der Waals surface area contributed by atoms with Crippen LogP contribution in [0.1, 0.15) is 16.1 Å². The second-order valence-corrected chi connectivity index (χ2v) is 6.59. The van der Waals surface area contributed by atoms with Gasteiger partial charge in [-0.3, -0.25) is 9.78 Å². The number of fused-ring (bicyclic) bond motifs is 1. The second-order valence-electron chi connectivity index (χ2n) is 6.59. The lowest BCUT2D eigenvalue weighted by atomic mass is 10.0. The first kappa shape index (κ1) is 20.0. The Kier molecular flexibility index (Phi) is 5.84. The number of hydrogen-bond donors (Lipinski definition) is 1. The van der Waals surface area contributed by atoms with Crippen LogP contribution in [0.3, 0.4) is 0 Å². The van der Waals surface area contributed by atoms with Gasteiger partial charge in [0.05, 0.1) is 42.9 Å². The molecule has 2 aromatic heterocycles. The number of pyridine rings is 2. The summed E-state index contributed by atoms with van der Waals surface area (Å²) >= 11 is 0. The Morgan fingerprint density at radius 2 is 1.84 bits per heavy atom. The molecule has 0 unspecified atom stereocenters. The number of carbonyl (C=O) groups is 1. The first-order valence-electron chi connectivity index (χ1n) is 9.56. The third kappa shape index (κ3) is 4.35. The molecule has 7 heteroatoms. The Morgan fingerprint density at radius 1 is 1.00 bits per heavy atom.